The van der Waals surface area contributed by atoms with Crippen LogP contribution in [-0.2, 0) is 33.4 Å². The van der Waals surface area contributed by atoms with E-state index in [0.717, 1.165) is 0 Å². The fourth-order valence-corrected chi connectivity index (χ4v) is 1.90. The van der Waals surface area contributed by atoms with Gasteiger partial charge in [0.25, 0.3) is 5.78 Å². The molecule has 4 atom stereocenters. The van der Waals surface area contributed by atoms with E-state index in [4.69, 9.17) is 15.3 Å². The van der Waals surface area contributed by atoms with Crippen molar-refractivity contribution in [3.63, 3.8) is 0 Å². The van der Waals surface area contributed by atoms with Crippen LogP contribution in [0, 0.1) is 0 Å². The number of carboxylic acid groups (broad SMARTS) is 2. The summed E-state index contributed by atoms with van der Waals surface area (Å²) in [4.78, 5) is 55.9. The van der Waals surface area contributed by atoms with Crippen molar-refractivity contribution in [1.82, 2.24) is 0 Å². The van der Waals surface area contributed by atoms with Crippen LogP contribution in [0.4, 0.5) is 0 Å². The van der Waals surface area contributed by atoms with Crippen LogP contribution in [0.1, 0.15) is 12.8 Å². The van der Waals surface area contributed by atoms with Crippen molar-refractivity contribution in [2.45, 2.75) is 36.8 Å². The Balaban J connectivity index is 2.88. The number of rotatable bonds is 8. The number of carboxylic acids is 2. The molecule has 12 heteroatoms. The van der Waals surface area contributed by atoms with Crippen LogP contribution in [0.25, 0.3) is 0 Å². The summed E-state index contributed by atoms with van der Waals surface area (Å²) in [5.41, 5.74) is -3.00. The summed E-state index contributed by atoms with van der Waals surface area (Å²) >= 11 is 0. The van der Waals surface area contributed by atoms with Gasteiger partial charge in [-0.2, -0.15) is 0 Å². The van der Waals surface area contributed by atoms with Crippen molar-refractivity contribution in [2.75, 3.05) is 6.61 Å². The fraction of sp³-hybridized carbons (Fsp3) is 0.583. The van der Waals surface area contributed by atoms with E-state index in [1.807, 2.05) is 0 Å². The van der Waals surface area contributed by atoms with E-state index >= 15 is 0 Å². The first-order valence-corrected chi connectivity index (χ1v) is 6.42. The molecule has 1 aliphatic heterocycles. The quantitative estimate of drug-likeness (QED) is 0.213. The van der Waals surface area contributed by atoms with Crippen molar-refractivity contribution in [3.8, 4) is 0 Å². The molecule has 12 nitrogen and oxygen atoms in total. The zero-order chi connectivity index (χ0) is 18.7. The predicted molar refractivity (Wildman–Crippen MR) is 67.3 cm³/mol. The molecule has 1 aliphatic rings. The number of aliphatic hydroxyl groups excluding tert-OH is 2. The summed E-state index contributed by atoms with van der Waals surface area (Å²) < 4.78 is 8.97. The van der Waals surface area contributed by atoms with Gasteiger partial charge in [-0.15, -0.1) is 0 Å². The zero-order valence-corrected chi connectivity index (χ0v) is 11.9. The molecule has 0 bridgehead atoms. The highest BCUT2D eigenvalue weighted by Crippen LogP contribution is 2.22. The number of ketones is 1. The first-order valence-electron chi connectivity index (χ1n) is 6.42. The Morgan fingerprint density at radius 2 is 1.79 bits per heavy atom. The Kier molecular flexibility index (Phi) is 5.95. The SMILES string of the molecule is O=C(O)CC(O)(CC(=O)OC1C(=O)C(=O)O[C@@H]1[C@@H](O)CO)C(=O)O. The van der Waals surface area contributed by atoms with Crippen LogP contribution in [0.3, 0.4) is 0 Å². The second-order valence-corrected chi connectivity index (χ2v) is 4.98. The number of aliphatic carboxylic acids is 2. The lowest BCUT2D eigenvalue weighted by molar-refractivity contribution is -0.176. The molecule has 0 aliphatic carbocycles. The van der Waals surface area contributed by atoms with Crippen LogP contribution in [0.2, 0.25) is 0 Å². The van der Waals surface area contributed by atoms with Crippen LogP contribution >= 0.6 is 0 Å². The summed E-state index contributed by atoms with van der Waals surface area (Å²) in [6.07, 6.45) is -8.09. The third kappa shape index (κ3) is 4.24. The molecule has 0 aromatic rings. The molecule has 1 saturated heterocycles. The van der Waals surface area contributed by atoms with E-state index in [2.05, 4.69) is 9.47 Å². The molecular formula is C12H14O12. The Bertz CT molecular complexity index is 568. The van der Waals surface area contributed by atoms with Crippen molar-refractivity contribution < 1.29 is 59.0 Å². The van der Waals surface area contributed by atoms with Gasteiger partial charge in [0.05, 0.1) is 19.4 Å². The normalized spacial score (nSPS) is 24.0. The number of hydrogen-bond donors (Lipinski definition) is 5. The first kappa shape index (κ1) is 19.5. The molecular weight excluding hydrogens is 336 g/mol. The lowest BCUT2D eigenvalue weighted by Gasteiger charge is -2.23. The molecule has 1 fully saturated rings. The van der Waals surface area contributed by atoms with Gasteiger partial charge in [0.15, 0.2) is 11.7 Å². The average molecular weight is 350 g/mol. The van der Waals surface area contributed by atoms with Gasteiger partial charge < -0.3 is 35.0 Å². The van der Waals surface area contributed by atoms with Gasteiger partial charge >= 0.3 is 23.9 Å². The molecule has 0 amide bonds. The number of cyclic esters (lactones) is 1. The van der Waals surface area contributed by atoms with E-state index < -0.39 is 73.0 Å². The molecule has 134 valence electrons. The molecule has 0 aromatic heterocycles. The largest absolute Gasteiger partial charge is 0.481 e. The van der Waals surface area contributed by atoms with E-state index in [-0.39, 0.29) is 0 Å². The summed E-state index contributed by atoms with van der Waals surface area (Å²) in [7, 11) is 0. The highest BCUT2D eigenvalue weighted by Gasteiger charge is 2.50. The molecule has 0 spiro atoms. The monoisotopic (exact) mass is 350 g/mol. The molecule has 5 N–H and O–H groups in total. The van der Waals surface area contributed by atoms with Crippen LogP contribution in [-0.4, -0.2) is 85.7 Å². The van der Waals surface area contributed by atoms with Gasteiger partial charge in [-0.25, -0.2) is 9.59 Å². The minimum absolute atomic E-state index is 0.933. The fourth-order valence-electron chi connectivity index (χ4n) is 1.90. The topological polar surface area (TPSA) is 205 Å². The van der Waals surface area contributed by atoms with Gasteiger partial charge in [-0.1, -0.05) is 0 Å². The van der Waals surface area contributed by atoms with Crippen molar-refractivity contribution >= 4 is 29.7 Å². The third-order valence-corrected chi connectivity index (χ3v) is 3.10. The van der Waals surface area contributed by atoms with Crippen LogP contribution in [0.5, 0.6) is 0 Å². The molecule has 1 rings (SSSR count). The molecule has 2 unspecified atom stereocenters. The number of aliphatic hydroxyl groups is 3. The number of Topliss-reactive ketones (excluding diaryl/α,β-unsaturated/α-hetero) is 1. The number of esters is 2. The number of carbonyl (C=O) groups is 5. The molecule has 0 aromatic carbocycles. The van der Waals surface area contributed by atoms with Gasteiger partial charge in [0.1, 0.15) is 6.10 Å². The van der Waals surface area contributed by atoms with E-state index in [1.165, 1.54) is 0 Å². The number of carbonyl (C=O) groups excluding carboxylic acids is 3. The van der Waals surface area contributed by atoms with E-state index in [0.29, 0.717) is 0 Å². The minimum Gasteiger partial charge on any atom is -0.481 e. The smallest absolute Gasteiger partial charge is 0.379 e. The summed E-state index contributed by atoms with van der Waals surface area (Å²) in [6.45, 7) is -0.933. The molecule has 0 radical (unpaired) electrons. The van der Waals surface area contributed by atoms with Crippen molar-refractivity contribution in [1.29, 1.82) is 0 Å². The number of hydrogen-bond acceptors (Lipinski definition) is 10. The Morgan fingerprint density at radius 1 is 1.21 bits per heavy atom. The van der Waals surface area contributed by atoms with Gasteiger partial charge in [0, 0.05) is 0 Å². The second-order valence-electron chi connectivity index (χ2n) is 4.98. The lowest BCUT2D eigenvalue weighted by atomic mass is 9.96. The van der Waals surface area contributed by atoms with Crippen LogP contribution in [0.15, 0.2) is 0 Å². The second kappa shape index (κ2) is 7.33. The minimum atomic E-state index is -3.00. The van der Waals surface area contributed by atoms with Crippen molar-refractivity contribution in [2.24, 2.45) is 0 Å². The van der Waals surface area contributed by atoms with Crippen molar-refractivity contribution in [3.05, 3.63) is 0 Å². The Hall–Kier alpha value is -2.57. The lowest BCUT2D eigenvalue weighted by Crippen LogP contribution is -2.46. The molecule has 24 heavy (non-hydrogen) atoms. The average Bonchev–Trinajstić information content (AvgIpc) is 2.73. The summed E-state index contributed by atoms with van der Waals surface area (Å²) in [6, 6.07) is 0. The maximum absolute atomic E-state index is 11.7. The van der Waals surface area contributed by atoms with E-state index in [1.54, 1.807) is 0 Å². The third-order valence-electron chi connectivity index (χ3n) is 3.10. The highest BCUT2D eigenvalue weighted by molar-refractivity contribution is 6.37. The molecule has 0 saturated carbocycles. The van der Waals surface area contributed by atoms with Gasteiger partial charge in [-0.05, 0) is 0 Å². The maximum atomic E-state index is 11.7. The van der Waals surface area contributed by atoms with E-state index in [9.17, 15) is 34.2 Å². The van der Waals surface area contributed by atoms with Gasteiger partial charge in [0.2, 0.25) is 6.10 Å². The zero-order valence-electron chi connectivity index (χ0n) is 11.9. The summed E-state index contributed by atoms with van der Waals surface area (Å²) in [5, 5.41) is 45.3. The first-order chi connectivity index (χ1) is 11.0. The molecule has 1 heterocycles. The Labute approximate surface area is 133 Å². The Morgan fingerprint density at radius 3 is 2.25 bits per heavy atom. The van der Waals surface area contributed by atoms with Crippen LogP contribution < -0.4 is 0 Å². The number of ether oxygens (including phenoxy) is 2. The maximum Gasteiger partial charge on any atom is 0.379 e. The highest BCUT2D eigenvalue weighted by atomic mass is 16.6. The summed E-state index contributed by atoms with van der Waals surface area (Å²) in [5.74, 6) is -8.05. The predicted octanol–water partition coefficient (Wildman–Crippen LogP) is -3.57. The van der Waals surface area contributed by atoms with Gasteiger partial charge in [-0.3, -0.25) is 14.4 Å². The standard InChI is InChI=1S/C12H14O12/c13-3-4(14)8-9(7(18)10(19)24-8)23-6(17)2-12(22,11(20)21)1-5(15)16/h4,8-9,13-14,22H,1-3H2,(H,15,16)(H,20,21)/t4-,8+,9?,12?/m0/s1.